The molecule has 2 atom stereocenters. The van der Waals surface area contributed by atoms with Crippen LogP contribution in [-0.2, 0) is 0 Å². The highest BCUT2D eigenvalue weighted by atomic mass is 35.5. The number of nitrogens with two attached hydrogens (primary N) is 1. The third-order valence-corrected chi connectivity index (χ3v) is 3.07. The minimum atomic E-state index is 0. The molecule has 1 aromatic carbocycles. The van der Waals surface area contributed by atoms with E-state index in [2.05, 4.69) is 42.2 Å². The molecule has 2 N–H and O–H groups in total. The number of rotatable bonds is 3. The van der Waals surface area contributed by atoms with E-state index in [0.29, 0.717) is 6.04 Å². The summed E-state index contributed by atoms with van der Waals surface area (Å²) in [5.74, 6) is 0. The summed E-state index contributed by atoms with van der Waals surface area (Å²) in [6.45, 7) is 4.29. The maximum Gasteiger partial charge on any atom is 0.0349 e. The van der Waals surface area contributed by atoms with E-state index >= 15 is 0 Å². The number of nitrogens with zero attached hydrogens (tertiary/aromatic N) is 1. The summed E-state index contributed by atoms with van der Waals surface area (Å²) in [6, 6.07) is 11.6. The average Bonchev–Trinajstić information content (AvgIpc) is 2.66. The van der Waals surface area contributed by atoms with Gasteiger partial charge in [-0.15, -0.1) is 12.4 Å². The van der Waals surface area contributed by atoms with E-state index in [1.54, 1.807) is 0 Å². The zero-order valence-electron chi connectivity index (χ0n) is 9.80. The van der Waals surface area contributed by atoms with Crippen molar-refractivity contribution >= 4 is 12.4 Å². The van der Waals surface area contributed by atoms with Gasteiger partial charge in [-0.05, 0) is 31.9 Å². The maximum absolute atomic E-state index is 5.87. The van der Waals surface area contributed by atoms with Gasteiger partial charge in [0.1, 0.15) is 0 Å². The number of hydrogen-bond donors (Lipinski definition) is 1. The molecule has 1 saturated heterocycles. The fourth-order valence-electron chi connectivity index (χ4n) is 2.47. The van der Waals surface area contributed by atoms with Crippen molar-refractivity contribution in [2.75, 3.05) is 13.1 Å². The van der Waals surface area contributed by atoms with Crippen molar-refractivity contribution in [3.63, 3.8) is 0 Å². The molecule has 2 nitrogen and oxygen atoms in total. The van der Waals surface area contributed by atoms with Gasteiger partial charge in [0.25, 0.3) is 0 Å². The van der Waals surface area contributed by atoms with Gasteiger partial charge in [0.15, 0.2) is 0 Å². The second-order valence-electron chi connectivity index (χ2n) is 4.54. The van der Waals surface area contributed by atoms with Crippen LogP contribution >= 0.6 is 12.4 Å². The predicted octanol–water partition coefficient (Wildman–Crippen LogP) is 2.59. The van der Waals surface area contributed by atoms with Crippen LogP contribution in [0.3, 0.4) is 0 Å². The van der Waals surface area contributed by atoms with Gasteiger partial charge in [0.05, 0.1) is 0 Å². The Hall–Kier alpha value is -0.570. The summed E-state index contributed by atoms with van der Waals surface area (Å²) in [4.78, 5) is 2.51. The molecule has 1 aliphatic heterocycles. The number of likely N-dealkylation sites (tertiary alicyclic amines) is 1. The summed E-state index contributed by atoms with van der Waals surface area (Å²) < 4.78 is 0. The molecule has 3 heteroatoms. The van der Waals surface area contributed by atoms with Crippen molar-refractivity contribution in [1.29, 1.82) is 0 Å². The Balaban J connectivity index is 0.00000128. The number of hydrogen-bond acceptors (Lipinski definition) is 2. The first-order valence-corrected chi connectivity index (χ1v) is 5.82. The quantitative estimate of drug-likeness (QED) is 0.880. The lowest BCUT2D eigenvalue weighted by Crippen LogP contribution is -2.35. The maximum atomic E-state index is 5.87. The molecular formula is C13H21ClN2. The van der Waals surface area contributed by atoms with Gasteiger partial charge >= 0.3 is 0 Å². The van der Waals surface area contributed by atoms with Crippen molar-refractivity contribution in [2.45, 2.75) is 31.8 Å². The molecule has 0 bridgehead atoms. The highest BCUT2D eigenvalue weighted by Crippen LogP contribution is 2.31. The third-order valence-electron chi connectivity index (χ3n) is 3.07. The van der Waals surface area contributed by atoms with E-state index in [1.165, 1.54) is 24.9 Å². The zero-order valence-corrected chi connectivity index (χ0v) is 10.6. The lowest BCUT2D eigenvalue weighted by atomic mass is 10.0. The first-order valence-electron chi connectivity index (χ1n) is 5.82. The van der Waals surface area contributed by atoms with Crippen LogP contribution in [0.4, 0.5) is 0 Å². The summed E-state index contributed by atoms with van der Waals surface area (Å²) >= 11 is 0. The normalized spacial score (nSPS) is 22.8. The van der Waals surface area contributed by atoms with Crippen LogP contribution in [0.15, 0.2) is 30.3 Å². The Bertz CT molecular complexity index is 300. The SMILES string of the molecule is CC(N)CN1CCCC1c1ccccc1.Cl. The van der Waals surface area contributed by atoms with Crippen LogP contribution in [0.5, 0.6) is 0 Å². The van der Waals surface area contributed by atoms with Crippen LogP contribution < -0.4 is 5.73 Å². The molecule has 16 heavy (non-hydrogen) atoms. The van der Waals surface area contributed by atoms with Gasteiger partial charge in [-0.1, -0.05) is 30.3 Å². The third kappa shape index (κ3) is 3.21. The average molecular weight is 241 g/mol. The lowest BCUT2D eigenvalue weighted by Gasteiger charge is -2.26. The monoisotopic (exact) mass is 240 g/mol. The van der Waals surface area contributed by atoms with E-state index in [1.807, 2.05) is 0 Å². The highest BCUT2D eigenvalue weighted by molar-refractivity contribution is 5.85. The molecule has 1 aliphatic rings. The standard InChI is InChI=1S/C13H20N2.ClH/c1-11(14)10-15-9-5-8-13(15)12-6-3-2-4-7-12;/h2-4,6-7,11,13H,5,8-10,14H2,1H3;1H. The summed E-state index contributed by atoms with van der Waals surface area (Å²) in [5, 5.41) is 0. The van der Waals surface area contributed by atoms with Gasteiger partial charge in [-0.25, -0.2) is 0 Å². The predicted molar refractivity (Wildman–Crippen MR) is 70.9 cm³/mol. The molecule has 0 saturated carbocycles. The van der Waals surface area contributed by atoms with Crippen molar-refractivity contribution in [3.05, 3.63) is 35.9 Å². The number of halogens is 1. The Morgan fingerprint density at radius 1 is 1.38 bits per heavy atom. The molecule has 0 aromatic heterocycles. The van der Waals surface area contributed by atoms with Crippen LogP contribution in [-0.4, -0.2) is 24.0 Å². The fourth-order valence-corrected chi connectivity index (χ4v) is 2.47. The molecule has 2 rings (SSSR count). The summed E-state index contributed by atoms with van der Waals surface area (Å²) in [5.41, 5.74) is 7.31. The van der Waals surface area contributed by atoms with Crippen molar-refractivity contribution < 1.29 is 0 Å². The summed E-state index contributed by atoms with van der Waals surface area (Å²) in [7, 11) is 0. The minimum Gasteiger partial charge on any atom is -0.327 e. The fraction of sp³-hybridized carbons (Fsp3) is 0.538. The molecule has 0 amide bonds. The smallest absolute Gasteiger partial charge is 0.0349 e. The van der Waals surface area contributed by atoms with Crippen LogP contribution in [0.2, 0.25) is 0 Å². The zero-order chi connectivity index (χ0) is 10.7. The molecule has 0 spiro atoms. The van der Waals surface area contributed by atoms with Crippen LogP contribution in [0, 0.1) is 0 Å². The van der Waals surface area contributed by atoms with Gasteiger partial charge in [0.2, 0.25) is 0 Å². The van der Waals surface area contributed by atoms with Crippen LogP contribution in [0.1, 0.15) is 31.4 Å². The van der Waals surface area contributed by atoms with Crippen molar-refractivity contribution in [2.24, 2.45) is 5.73 Å². The molecule has 2 unspecified atom stereocenters. The summed E-state index contributed by atoms with van der Waals surface area (Å²) in [6.07, 6.45) is 2.57. The van der Waals surface area contributed by atoms with Gasteiger partial charge in [0, 0.05) is 18.6 Å². The van der Waals surface area contributed by atoms with Gasteiger partial charge < -0.3 is 5.73 Å². The van der Waals surface area contributed by atoms with Crippen molar-refractivity contribution in [3.8, 4) is 0 Å². The van der Waals surface area contributed by atoms with Crippen molar-refractivity contribution in [1.82, 2.24) is 4.90 Å². The molecule has 90 valence electrons. The molecule has 1 heterocycles. The second kappa shape index (κ2) is 6.24. The Morgan fingerprint density at radius 3 is 2.69 bits per heavy atom. The Kier molecular flexibility index (Phi) is 5.26. The molecular weight excluding hydrogens is 220 g/mol. The topological polar surface area (TPSA) is 29.3 Å². The van der Waals surface area contributed by atoms with Gasteiger partial charge in [-0.2, -0.15) is 0 Å². The molecule has 0 aliphatic carbocycles. The van der Waals surface area contributed by atoms with E-state index in [-0.39, 0.29) is 18.4 Å². The largest absolute Gasteiger partial charge is 0.327 e. The number of benzene rings is 1. The van der Waals surface area contributed by atoms with E-state index < -0.39 is 0 Å². The van der Waals surface area contributed by atoms with Crippen LogP contribution in [0.25, 0.3) is 0 Å². The Morgan fingerprint density at radius 2 is 2.06 bits per heavy atom. The van der Waals surface area contributed by atoms with E-state index in [9.17, 15) is 0 Å². The van der Waals surface area contributed by atoms with Gasteiger partial charge in [-0.3, -0.25) is 4.90 Å². The lowest BCUT2D eigenvalue weighted by molar-refractivity contribution is 0.245. The first-order chi connectivity index (χ1) is 7.27. The molecule has 0 radical (unpaired) electrons. The second-order valence-corrected chi connectivity index (χ2v) is 4.54. The molecule has 1 aromatic rings. The molecule has 1 fully saturated rings. The van der Waals surface area contributed by atoms with E-state index in [4.69, 9.17) is 5.73 Å². The van der Waals surface area contributed by atoms with E-state index in [0.717, 1.165) is 6.54 Å². The Labute approximate surface area is 104 Å². The highest BCUT2D eigenvalue weighted by Gasteiger charge is 2.25. The minimum absolute atomic E-state index is 0. The first kappa shape index (κ1) is 13.5.